The molecule has 0 unspecified atom stereocenters. The number of amides is 1. The summed E-state index contributed by atoms with van der Waals surface area (Å²) in [6.45, 7) is 0.873. The fourth-order valence-electron chi connectivity index (χ4n) is 3.57. The number of aliphatic imine (C=N–C) groups is 1. The fraction of sp³-hybridized carbons (Fsp3) is 0.429. The summed E-state index contributed by atoms with van der Waals surface area (Å²) in [5.41, 5.74) is -2.82. The van der Waals surface area contributed by atoms with E-state index in [1.54, 1.807) is 11.0 Å². The second kappa shape index (κ2) is 9.24. The number of ether oxygens (including phenoxy) is 1. The van der Waals surface area contributed by atoms with E-state index in [2.05, 4.69) is 16.2 Å². The highest BCUT2D eigenvalue weighted by Gasteiger charge is 2.38. The number of cyclic esters (lactones) is 1. The third-order valence-corrected chi connectivity index (χ3v) is 5.15. The molecule has 0 aliphatic carbocycles. The van der Waals surface area contributed by atoms with E-state index >= 15 is 0 Å². The number of nitrogens with zero attached hydrogens (tertiary/aromatic N) is 2. The Kier molecular flexibility index (Phi) is 6.83. The zero-order valence-electron chi connectivity index (χ0n) is 16.7. The second-order valence-electron chi connectivity index (χ2n) is 7.40. The van der Waals surface area contributed by atoms with E-state index in [-0.39, 0.29) is 42.2 Å². The number of likely N-dealkylation sites (tertiary alicyclic amines) is 1. The molecule has 0 spiro atoms. The topological polar surface area (TPSA) is 53.9 Å². The number of hydrogen-bond donors (Lipinski definition) is 1. The number of allylic oxidation sites excluding steroid dienone is 1. The number of nitrogens with one attached hydrogen (secondary N) is 1. The van der Waals surface area contributed by atoms with Crippen LogP contribution in [0, 0.1) is 18.3 Å². The molecule has 32 heavy (non-hydrogen) atoms. The summed E-state index contributed by atoms with van der Waals surface area (Å²) in [5.74, 6) is 2.83. The van der Waals surface area contributed by atoms with Crippen molar-refractivity contribution in [3.05, 3.63) is 46.7 Å². The van der Waals surface area contributed by atoms with E-state index in [0.717, 1.165) is 6.07 Å². The van der Waals surface area contributed by atoms with Crippen LogP contribution < -0.4 is 5.32 Å². The molecule has 5 nitrogen and oxygen atoms in total. The SMILES string of the molecule is C#CCNC1=NC(=O)O/C1=C\C1CCN(Cc2ccc(C(F)(F)F)cc2C(F)(F)F)CC1. The summed E-state index contributed by atoms with van der Waals surface area (Å²) in [6.07, 6.45) is -2.50. The van der Waals surface area contributed by atoms with Gasteiger partial charge in [-0.1, -0.05) is 12.0 Å². The second-order valence-corrected chi connectivity index (χ2v) is 7.40. The Morgan fingerprint density at radius 3 is 2.47 bits per heavy atom. The largest absolute Gasteiger partial charge is 0.441 e. The smallest absolute Gasteiger partial charge is 0.405 e. The Labute approximate surface area is 180 Å². The van der Waals surface area contributed by atoms with Gasteiger partial charge in [-0.3, -0.25) is 4.90 Å². The Hall–Kier alpha value is -3.00. The zero-order valence-corrected chi connectivity index (χ0v) is 16.7. The predicted molar refractivity (Wildman–Crippen MR) is 103 cm³/mol. The molecule has 2 aliphatic heterocycles. The van der Waals surface area contributed by atoms with Crippen LogP contribution in [-0.4, -0.2) is 36.5 Å². The van der Waals surface area contributed by atoms with Crippen LogP contribution >= 0.6 is 0 Å². The Bertz CT molecular complexity index is 967. The molecule has 0 atom stereocenters. The predicted octanol–water partition coefficient (Wildman–Crippen LogP) is 4.59. The standard InChI is InChI=1S/C21H19F6N3O2/c1-2-7-28-18-17(32-19(31)29-18)10-13-5-8-30(9-6-13)12-14-3-4-15(20(22,23)24)11-16(14)21(25,26)27/h1,3-4,10-11,13H,5-9,12H2,(H,28,29,31)/b17-10-. The molecule has 11 heteroatoms. The summed E-state index contributed by atoms with van der Waals surface area (Å²) >= 11 is 0. The van der Waals surface area contributed by atoms with Gasteiger partial charge < -0.3 is 10.1 Å². The average molecular weight is 459 g/mol. The molecule has 1 amide bonds. The molecule has 0 saturated carbocycles. The van der Waals surface area contributed by atoms with Gasteiger partial charge in [0, 0.05) is 6.54 Å². The van der Waals surface area contributed by atoms with Crippen molar-refractivity contribution in [3.63, 3.8) is 0 Å². The van der Waals surface area contributed by atoms with Crippen LogP contribution in [0.4, 0.5) is 31.1 Å². The van der Waals surface area contributed by atoms with Gasteiger partial charge in [0.1, 0.15) is 0 Å². The van der Waals surface area contributed by atoms with Crippen molar-refractivity contribution in [1.29, 1.82) is 0 Å². The highest BCUT2D eigenvalue weighted by Crippen LogP contribution is 2.38. The van der Waals surface area contributed by atoms with Crippen molar-refractivity contribution in [2.24, 2.45) is 10.9 Å². The number of rotatable bonds is 4. The van der Waals surface area contributed by atoms with Crippen molar-refractivity contribution >= 4 is 11.9 Å². The zero-order chi connectivity index (χ0) is 23.5. The number of carbonyl (C=O) groups excluding carboxylic acids is 1. The molecule has 0 bridgehead atoms. The van der Waals surface area contributed by atoms with E-state index in [0.29, 0.717) is 32.0 Å². The highest BCUT2D eigenvalue weighted by molar-refractivity contribution is 6.07. The lowest BCUT2D eigenvalue weighted by atomic mass is 9.94. The lowest BCUT2D eigenvalue weighted by molar-refractivity contribution is -0.143. The number of benzene rings is 1. The first-order valence-electron chi connectivity index (χ1n) is 9.67. The maximum absolute atomic E-state index is 13.4. The molecule has 1 aromatic carbocycles. The van der Waals surface area contributed by atoms with Gasteiger partial charge in [-0.2, -0.15) is 31.3 Å². The van der Waals surface area contributed by atoms with Crippen molar-refractivity contribution < 1.29 is 35.9 Å². The van der Waals surface area contributed by atoms with Gasteiger partial charge in [0.05, 0.1) is 17.7 Å². The van der Waals surface area contributed by atoms with Gasteiger partial charge in [-0.25, -0.2) is 4.79 Å². The first kappa shape index (κ1) is 23.7. The maximum atomic E-state index is 13.4. The Morgan fingerprint density at radius 2 is 1.88 bits per heavy atom. The number of carbonyl (C=O) groups is 1. The summed E-state index contributed by atoms with van der Waals surface area (Å²) in [4.78, 5) is 16.8. The third kappa shape index (κ3) is 5.82. The minimum absolute atomic E-state index is 0.0142. The quantitative estimate of drug-likeness (QED) is 0.529. The molecule has 2 heterocycles. The molecule has 1 fully saturated rings. The number of hydrogen-bond acceptors (Lipinski definition) is 4. The molecule has 3 rings (SSSR count). The molecule has 0 radical (unpaired) electrons. The first-order valence-corrected chi connectivity index (χ1v) is 9.67. The first-order chi connectivity index (χ1) is 15.0. The van der Waals surface area contributed by atoms with Gasteiger partial charge in [-0.05, 0) is 55.6 Å². The number of halogens is 6. The third-order valence-electron chi connectivity index (χ3n) is 5.15. The summed E-state index contributed by atoms with van der Waals surface area (Å²) in [7, 11) is 0. The molecule has 1 aromatic rings. The van der Waals surface area contributed by atoms with Crippen LogP contribution in [-0.2, 0) is 23.6 Å². The minimum Gasteiger partial charge on any atom is -0.405 e. The van der Waals surface area contributed by atoms with Crippen LogP contribution in [0.3, 0.4) is 0 Å². The average Bonchev–Trinajstić information content (AvgIpc) is 3.05. The lowest BCUT2D eigenvalue weighted by Crippen LogP contribution is -2.34. The van der Waals surface area contributed by atoms with Crippen molar-refractivity contribution in [2.45, 2.75) is 31.7 Å². The van der Waals surface area contributed by atoms with E-state index in [9.17, 15) is 31.1 Å². The summed E-state index contributed by atoms with van der Waals surface area (Å²) in [6, 6.07) is 1.71. The summed E-state index contributed by atoms with van der Waals surface area (Å²) in [5, 5.41) is 2.78. The number of alkyl halides is 6. The lowest BCUT2D eigenvalue weighted by Gasteiger charge is -2.31. The van der Waals surface area contributed by atoms with Crippen molar-refractivity contribution in [1.82, 2.24) is 10.2 Å². The van der Waals surface area contributed by atoms with E-state index < -0.39 is 29.6 Å². The fourth-order valence-corrected chi connectivity index (χ4v) is 3.57. The maximum Gasteiger partial charge on any atom is 0.441 e. The molecule has 0 aromatic heterocycles. The van der Waals surface area contributed by atoms with E-state index in [1.165, 1.54) is 0 Å². The van der Waals surface area contributed by atoms with Gasteiger partial charge in [-0.15, -0.1) is 6.42 Å². The Balaban J connectivity index is 1.66. The van der Waals surface area contributed by atoms with Crippen molar-refractivity contribution in [2.75, 3.05) is 19.6 Å². The molecule has 2 aliphatic rings. The van der Waals surface area contributed by atoms with Crippen LogP contribution in [0.15, 0.2) is 35.0 Å². The van der Waals surface area contributed by atoms with Crippen molar-refractivity contribution in [3.8, 4) is 12.3 Å². The molecule has 1 N–H and O–H groups in total. The van der Waals surface area contributed by atoms with Gasteiger partial charge >= 0.3 is 18.4 Å². The Morgan fingerprint density at radius 1 is 1.19 bits per heavy atom. The van der Waals surface area contributed by atoms with Crippen LogP contribution in [0.1, 0.15) is 29.5 Å². The van der Waals surface area contributed by atoms with Crippen LogP contribution in [0.5, 0.6) is 0 Å². The molecule has 1 saturated heterocycles. The molecule has 172 valence electrons. The number of terminal acetylenes is 1. The molecular formula is C21H19F6N3O2. The van der Waals surface area contributed by atoms with Crippen LogP contribution in [0.2, 0.25) is 0 Å². The van der Waals surface area contributed by atoms with E-state index in [1.807, 2.05) is 0 Å². The normalized spacial score (nSPS) is 19.6. The minimum atomic E-state index is -4.90. The monoisotopic (exact) mass is 459 g/mol. The summed E-state index contributed by atoms with van der Waals surface area (Å²) < 4.78 is 83.6. The van der Waals surface area contributed by atoms with Gasteiger partial charge in [0.2, 0.25) is 0 Å². The van der Waals surface area contributed by atoms with Gasteiger partial charge in [0.25, 0.3) is 0 Å². The highest BCUT2D eigenvalue weighted by atomic mass is 19.4. The van der Waals surface area contributed by atoms with Gasteiger partial charge in [0.15, 0.2) is 11.6 Å². The van der Waals surface area contributed by atoms with Crippen LogP contribution in [0.25, 0.3) is 0 Å². The van der Waals surface area contributed by atoms with E-state index in [4.69, 9.17) is 11.2 Å². The molecular weight excluding hydrogens is 440 g/mol. The number of piperidine rings is 1. The number of amidine groups is 1.